The van der Waals surface area contributed by atoms with Crippen LogP contribution in [0.4, 0.5) is 42.8 Å². The second-order valence-corrected chi connectivity index (χ2v) is 16.6. The van der Waals surface area contributed by atoms with Gasteiger partial charge in [0.2, 0.25) is 0 Å². The number of hydrogen-bond donors (Lipinski definition) is 0. The quantitative estimate of drug-likeness (QED) is 0.134. The van der Waals surface area contributed by atoms with Gasteiger partial charge in [0.15, 0.2) is 5.70 Å². The highest BCUT2D eigenvalue weighted by Crippen LogP contribution is 2.50. The zero-order valence-electron chi connectivity index (χ0n) is 35.5. The Bertz CT molecular complexity index is 3010. The summed E-state index contributed by atoms with van der Waals surface area (Å²) in [5, 5.41) is 0.581. The zero-order valence-corrected chi connectivity index (χ0v) is 36.2. The summed E-state index contributed by atoms with van der Waals surface area (Å²) >= 11 is 6.46. The van der Waals surface area contributed by atoms with Crippen molar-refractivity contribution in [1.29, 1.82) is 0 Å². The first-order chi connectivity index (χ1) is 30.6. The van der Waals surface area contributed by atoms with Gasteiger partial charge in [-0.05, 0) is 134 Å². The number of para-hydroxylation sites is 4. The van der Waals surface area contributed by atoms with E-state index in [1.807, 2.05) is 125 Å². The topological polar surface area (TPSA) is 14.4 Å². The molecule has 0 atom stereocenters. The van der Waals surface area contributed by atoms with Crippen LogP contribution in [0.1, 0.15) is 41.9 Å². The Kier molecular flexibility index (Phi) is 10.1. The molecule has 1 aromatic heterocycles. The zero-order chi connectivity index (χ0) is 43.4. The van der Waals surface area contributed by atoms with Crippen molar-refractivity contribution in [1.82, 2.24) is 4.48 Å². The average molecular weight is 845 g/mol. The average Bonchev–Trinajstić information content (AvgIpc) is 3.74. The molecule has 0 aliphatic carbocycles. The van der Waals surface area contributed by atoms with Crippen LogP contribution < -0.4 is 9.80 Å². The van der Waals surface area contributed by atoms with Crippen molar-refractivity contribution in [2.45, 2.75) is 27.7 Å². The standard InChI is InChI=1S/C55H44BClF2N4/c1-37-51(41-27-33-49(34-28-41)60(45-17-9-5-10-18-45)46-19-11-6-12-20-46)39(3)62-54(37)53(43-25-31-44(57)32-26-43)55-38(2)52(40(4)63(55)56(62,58)59)42-29-35-50(36-30-42)61(47-21-13-7-14-22-47)48-23-15-8-16-24-48/h5-36H,1-4H3. The highest BCUT2D eigenvalue weighted by Gasteiger charge is 2.57. The van der Waals surface area contributed by atoms with E-state index in [-0.39, 0.29) is 0 Å². The van der Waals surface area contributed by atoms with Crippen LogP contribution in [0.3, 0.4) is 0 Å². The van der Waals surface area contributed by atoms with Crippen LogP contribution >= 0.6 is 11.6 Å². The lowest BCUT2D eigenvalue weighted by Gasteiger charge is -2.34. The van der Waals surface area contributed by atoms with Crippen LogP contribution in [0.15, 0.2) is 205 Å². The first-order valence-corrected chi connectivity index (χ1v) is 21.6. The molecule has 0 N–H and O–H groups in total. The van der Waals surface area contributed by atoms with Crippen LogP contribution in [0.25, 0.3) is 22.3 Å². The number of anilines is 6. The molecule has 0 fully saturated rings. The minimum Gasteiger partial charge on any atom is -0.393 e. The largest absolute Gasteiger partial charge is 0.737 e. The van der Waals surface area contributed by atoms with Gasteiger partial charge in [0.1, 0.15) is 5.71 Å². The van der Waals surface area contributed by atoms with E-state index in [0.29, 0.717) is 27.8 Å². The highest BCUT2D eigenvalue weighted by atomic mass is 35.5. The number of hydrogen-bond acceptors (Lipinski definition) is 2. The lowest BCUT2D eigenvalue weighted by Crippen LogP contribution is -2.51. The van der Waals surface area contributed by atoms with Crippen molar-refractivity contribution in [2.75, 3.05) is 9.80 Å². The van der Waals surface area contributed by atoms with E-state index in [0.717, 1.165) is 78.7 Å². The maximum atomic E-state index is 17.9. The maximum Gasteiger partial charge on any atom is 0.737 e. The van der Waals surface area contributed by atoms with Gasteiger partial charge in [-0.3, -0.25) is 0 Å². The number of allylic oxidation sites excluding steroid dienone is 2. The van der Waals surface area contributed by atoms with Crippen molar-refractivity contribution in [3.63, 3.8) is 0 Å². The van der Waals surface area contributed by atoms with E-state index in [2.05, 4.69) is 107 Å². The fourth-order valence-corrected chi connectivity index (χ4v) is 9.96. The molecule has 2 aliphatic heterocycles. The van der Waals surface area contributed by atoms with Gasteiger partial charge in [0.05, 0.1) is 11.1 Å². The monoisotopic (exact) mass is 844 g/mol. The molecule has 10 rings (SSSR count). The number of nitrogens with zero attached hydrogens (tertiary/aromatic N) is 4. The third-order valence-electron chi connectivity index (χ3n) is 12.5. The Labute approximate surface area is 372 Å². The molecule has 4 nitrogen and oxygen atoms in total. The summed E-state index contributed by atoms with van der Waals surface area (Å²) in [6.07, 6.45) is 0. The van der Waals surface area contributed by atoms with Gasteiger partial charge >= 0.3 is 6.97 Å². The van der Waals surface area contributed by atoms with Gasteiger partial charge in [-0.25, -0.2) is 0 Å². The fourth-order valence-electron chi connectivity index (χ4n) is 9.84. The first kappa shape index (κ1) is 39.9. The Morgan fingerprint density at radius 2 is 0.825 bits per heavy atom. The molecule has 0 saturated heterocycles. The van der Waals surface area contributed by atoms with Gasteiger partial charge in [-0.15, -0.1) is 0 Å². The van der Waals surface area contributed by atoms with E-state index in [9.17, 15) is 0 Å². The SMILES string of the molecule is CC1=C(c2ccc(N(c3ccccc3)c3ccccc3)cc2)C(C)=[N+]2C1=C(c1ccc(Cl)cc1)c1c(C)c(-c3ccc(N(c4ccccc4)c4ccccc4)cc3)c(C)n1[B-]2(F)F. The van der Waals surface area contributed by atoms with E-state index in [1.165, 1.54) is 8.96 Å². The van der Waals surface area contributed by atoms with Crippen LogP contribution in [0, 0.1) is 13.8 Å². The summed E-state index contributed by atoms with van der Waals surface area (Å²) in [5.41, 5.74) is 14.6. The predicted octanol–water partition coefficient (Wildman–Crippen LogP) is 15.3. The van der Waals surface area contributed by atoms with Gasteiger partial charge in [0, 0.05) is 62.9 Å². The molecule has 0 amide bonds. The summed E-state index contributed by atoms with van der Waals surface area (Å²) in [5.74, 6) is 0. The normalized spacial score (nSPS) is 14.2. The molecular weight excluding hydrogens is 801 g/mol. The van der Waals surface area contributed by atoms with Crippen molar-refractivity contribution < 1.29 is 13.1 Å². The summed E-state index contributed by atoms with van der Waals surface area (Å²) < 4.78 is 38.5. The maximum absolute atomic E-state index is 17.9. The molecule has 0 radical (unpaired) electrons. The third-order valence-corrected chi connectivity index (χ3v) is 12.8. The molecule has 8 heteroatoms. The van der Waals surface area contributed by atoms with Crippen molar-refractivity contribution in [3.8, 4) is 11.1 Å². The van der Waals surface area contributed by atoms with Crippen LogP contribution in [0.2, 0.25) is 5.02 Å². The van der Waals surface area contributed by atoms with E-state index < -0.39 is 6.97 Å². The molecule has 63 heavy (non-hydrogen) atoms. The first-order valence-electron chi connectivity index (χ1n) is 21.2. The predicted molar refractivity (Wildman–Crippen MR) is 260 cm³/mol. The van der Waals surface area contributed by atoms with E-state index in [4.69, 9.17) is 11.6 Å². The minimum atomic E-state index is -4.35. The lowest BCUT2D eigenvalue weighted by molar-refractivity contribution is -0.363. The molecule has 8 aromatic rings. The number of aromatic nitrogens is 1. The molecule has 308 valence electrons. The molecule has 0 saturated carbocycles. The number of rotatable bonds is 9. The molecular formula is C55H44BClF2N4. The van der Waals surface area contributed by atoms with Crippen LogP contribution in [-0.4, -0.2) is 21.6 Å². The third kappa shape index (κ3) is 6.71. The Morgan fingerprint density at radius 3 is 1.25 bits per heavy atom. The second-order valence-electron chi connectivity index (χ2n) is 16.2. The van der Waals surface area contributed by atoms with Gasteiger partial charge in [-0.1, -0.05) is 121 Å². The van der Waals surface area contributed by atoms with E-state index in [1.54, 1.807) is 0 Å². The molecule has 0 spiro atoms. The van der Waals surface area contributed by atoms with Gasteiger partial charge in [-0.2, -0.15) is 0 Å². The van der Waals surface area contributed by atoms with Gasteiger partial charge < -0.3 is 27.4 Å². The Balaban J connectivity index is 1.11. The molecule has 2 aliphatic rings. The molecule has 7 aromatic carbocycles. The Hall–Kier alpha value is -7.22. The number of halogens is 3. The molecule has 0 unspecified atom stereocenters. The lowest BCUT2D eigenvalue weighted by atomic mass is 9.83. The van der Waals surface area contributed by atoms with Crippen molar-refractivity contribution in [3.05, 3.63) is 238 Å². The van der Waals surface area contributed by atoms with Crippen LogP contribution in [-0.2, 0) is 0 Å². The minimum absolute atomic E-state index is 0.513. The molecule has 3 heterocycles. The Morgan fingerprint density at radius 1 is 0.460 bits per heavy atom. The fraction of sp³-hybridized carbons (Fsp3) is 0.0727. The number of fused-ring (bicyclic) bond motifs is 2. The summed E-state index contributed by atoms with van der Waals surface area (Å²) in [6.45, 7) is 3.28. The summed E-state index contributed by atoms with van der Waals surface area (Å²) in [7, 11) is 0. The highest BCUT2D eigenvalue weighted by molar-refractivity contribution is 6.59. The second kappa shape index (κ2) is 15.9. The van der Waals surface area contributed by atoms with E-state index >= 15 is 8.63 Å². The van der Waals surface area contributed by atoms with Crippen LogP contribution in [0.5, 0.6) is 0 Å². The summed E-state index contributed by atoms with van der Waals surface area (Å²) in [4.78, 5) is 4.40. The van der Waals surface area contributed by atoms with Gasteiger partial charge in [0.25, 0.3) is 0 Å². The summed E-state index contributed by atoms with van der Waals surface area (Å²) in [6, 6.07) is 65.0. The number of benzene rings is 7. The van der Waals surface area contributed by atoms with Crippen molar-refractivity contribution >= 4 is 69.6 Å². The smallest absolute Gasteiger partial charge is 0.393 e. The molecule has 0 bridgehead atoms. The van der Waals surface area contributed by atoms with Crippen molar-refractivity contribution in [2.24, 2.45) is 0 Å².